The van der Waals surface area contributed by atoms with Gasteiger partial charge in [-0.15, -0.1) is 0 Å². The van der Waals surface area contributed by atoms with Crippen molar-refractivity contribution in [3.8, 4) is 0 Å². The summed E-state index contributed by atoms with van der Waals surface area (Å²) in [5.41, 5.74) is 1.05. The zero-order valence-corrected chi connectivity index (χ0v) is 27.1. The highest BCUT2D eigenvalue weighted by molar-refractivity contribution is 5.93. The highest BCUT2D eigenvalue weighted by Gasteiger charge is 2.69. The number of hydrogen-bond donors (Lipinski definition) is 1. The molecule has 3 heteroatoms. The Bertz CT molecular complexity index is 1050. The van der Waals surface area contributed by atoms with E-state index in [9.17, 15) is 14.7 Å². The second-order valence-electron chi connectivity index (χ2n) is 15.6. The average molecular weight is 563 g/mol. The second-order valence-corrected chi connectivity index (χ2v) is 15.6. The molecule has 0 radical (unpaired) electrons. The van der Waals surface area contributed by atoms with Gasteiger partial charge in [-0.1, -0.05) is 90.5 Å². The van der Waals surface area contributed by atoms with Crippen LogP contribution in [-0.4, -0.2) is 22.3 Å². The van der Waals surface area contributed by atoms with Crippen molar-refractivity contribution in [1.29, 1.82) is 0 Å². The van der Waals surface area contributed by atoms with Crippen molar-refractivity contribution >= 4 is 11.6 Å². The summed E-state index contributed by atoms with van der Waals surface area (Å²) in [6.45, 7) is 23.4. The summed E-state index contributed by atoms with van der Waals surface area (Å²) in [5, 5.41) is 10.7. The fraction of sp³-hybridized carbons (Fsp3) is 0.737. The number of carbonyl (C=O) groups excluding carboxylic acids is 2. The van der Waals surface area contributed by atoms with Crippen LogP contribution in [0, 0.1) is 64.6 Å². The second kappa shape index (κ2) is 12.5. The minimum absolute atomic E-state index is 0.0438. The molecule has 4 rings (SSSR count). The number of fused-ring (bicyclic) bond motifs is 2. The molecule has 3 fully saturated rings. The molecule has 0 aliphatic heterocycles. The Morgan fingerprint density at radius 1 is 1.00 bits per heavy atom. The maximum atomic E-state index is 14.7. The first kappa shape index (κ1) is 32.2. The summed E-state index contributed by atoms with van der Waals surface area (Å²) < 4.78 is 0. The zero-order valence-electron chi connectivity index (χ0n) is 27.1. The quantitative estimate of drug-likeness (QED) is 0.203. The van der Waals surface area contributed by atoms with Crippen LogP contribution in [0.1, 0.15) is 106 Å². The highest BCUT2D eigenvalue weighted by Crippen LogP contribution is 2.71. The Morgan fingerprint density at radius 3 is 2.15 bits per heavy atom. The predicted octanol–water partition coefficient (Wildman–Crippen LogP) is 8.93. The number of hydrogen-bond acceptors (Lipinski definition) is 3. The topological polar surface area (TPSA) is 54.4 Å². The molecule has 0 aromatic rings. The van der Waals surface area contributed by atoms with Crippen LogP contribution in [0.5, 0.6) is 0 Å². The van der Waals surface area contributed by atoms with E-state index in [2.05, 4.69) is 72.1 Å². The first-order valence-corrected chi connectivity index (χ1v) is 16.7. The summed E-state index contributed by atoms with van der Waals surface area (Å²) in [5.74, 6) is 2.82. The molecular formula is C38H58O3. The van der Waals surface area contributed by atoms with E-state index in [0.29, 0.717) is 47.7 Å². The molecule has 4 aliphatic carbocycles. The molecule has 1 N–H and O–H groups in total. The lowest BCUT2D eigenvalue weighted by Crippen LogP contribution is -2.38. The third kappa shape index (κ3) is 6.76. The van der Waals surface area contributed by atoms with Gasteiger partial charge in [0, 0.05) is 24.2 Å². The Labute approximate surface area is 251 Å². The van der Waals surface area contributed by atoms with Crippen molar-refractivity contribution in [3.63, 3.8) is 0 Å². The van der Waals surface area contributed by atoms with Crippen molar-refractivity contribution in [3.05, 3.63) is 48.6 Å². The molecule has 0 amide bonds. The fourth-order valence-electron chi connectivity index (χ4n) is 9.10. The third-order valence-electron chi connectivity index (χ3n) is 11.9. The molecule has 0 heterocycles. The van der Waals surface area contributed by atoms with Crippen LogP contribution < -0.4 is 0 Å². The van der Waals surface area contributed by atoms with E-state index in [1.165, 1.54) is 5.57 Å². The van der Waals surface area contributed by atoms with Gasteiger partial charge in [0.1, 0.15) is 11.6 Å². The first-order valence-electron chi connectivity index (χ1n) is 16.7. The van der Waals surface area contributed by atoms with Crippen molar-refractivity contribution in [1.82, 2.24) is 0 Å². The lowest BCUT2D eigenvalue weighted by Gasteiger charge is -2.33. The Balaban J connectivity index is 1.59. The number of ketones is 2. The summed E-state index contributed by atoms with van der Waals surface area (Å²) >= 11 is 0. The van der Waals surface area contributed by atoms with Gasteiger partial charge >= 0.3 is 0 Å². The van der Waals surface area contributed by atoms with Gasteiger partial charge in [-0.25, -0.2) is 0 Å². The SMILES string of the molecule is C=C(CC(C)CC)CC(C(=O)C1CC2C(C1C(=O)CC(CCC)C(=C)C(C)(C)O)C2(C)C)C1CC2C=CC=CC2C1. The number of aliphatic hydroxyl groups is 1. The Morgan fingerprint density at radius 2 is 1.61 bits per heavy atom. The summed E-state index contributed by atoms with van der Waals surface area (Å²) in [4.78, 5) is 29.0. The predicted molar refractivity (Wildman–Crippen MR) is 170 cm³/mol. The highest BCUT2D eigenvalue weighted by atomic mass is 16.3. The van der Waals surface area contributed by atoms with Crippen molar-refractivity contribution in [2.45, 2.75) is 112 Å². The summed E-state index contributed by atoms with van der Waals surface area (Å²) in [6.07, 6.45) is 17.0. The lowest BCUT2D eigenvalue weighted by atomic mass is 9.70. The van der Waals surface area contributed by atoms with Crippen molar-refractivity contribution in [2.24, 2.45) is 64.6 Å². The minimum Gasteiger partial charge on any atom is -0.386 e. The number of carbonyl (C=O) groups is 2. The maximum Gasteiger partial charge on any atom is 0.140 e. The van der Waals surface area contributed by atoms with E-state index in [-0.39, 0.29) is 34.9 Å². The van der Waals surface area contributed by atoms with Crippen LogP contribution in [0.4, 0.5) is 0 Å². The lowest BCUT2D eigenvalue weighted by molar-refractivity contribution is -0.136. The fourth-order valence-corrected chi connectivity index (χ4v) is 9.10. The van der Waals surface area contributed by atoms with Crippen LogP contribution in [0.15, 0.2) is 48.6 Å². The third-order valence-corrected chi connectivity index (χ3v) is 11.9. The van der Waals surface area contributed by atoms with Gasteiger partial charge < -0.3 is 5.11 Å². The zero-order chi connectivity index (χ0) is 30.3. The van der Waals surface area contributed by atoms with Crippen LogP contribution >= 0.6 is 0 Å². The van der Waals surface area contributed by atoms with E-state index < -0.39 is 5.60 Å². The van der Waals surface area contributed by atoms with Gasteiger partial charge in [-0.3, -0.25) is 9.59 Å². The Kier molecular flexibility index (Phi) is 9.79. The normalized spacial score (nSPS) is 33.5. The molecule has 0 aromatic carbocycles. The summed E-state index contributed by atoms with van der Waals surface area (Å²) in [7, 11) is 0. The van der Waals surface area contributed by atoms with Crippen molar-refractivity contribution in [2.75, 3.05) is 0 Å². The average Bonchev–Trinajstić information content (AvgIpc) is 3.29. The van der Waals surface area contributed by atoms with Crippen LogP contribution in [0.3, 0.4) is 0 Å². The van der Waals surface area contributed by atoms with E-state index in [0.717, 1.165) is 56.9 Å². The van der Waals surface area contributed by atoms with E-state index >= 15 is 0 Å². The van der Waals surface area contributed by atoms with E-state index in [4.69, 9.17) is 0 Å². The molecule has 4 aliphatic rings. The van der Waals surface area contributed by atoms with Crippen LogP contribution in [0.25, 0.3) is 0 Å². The van der Waals surface area contributed by atoms with Crippen LogP contribution in [-0.2, 0) is 9.59 Å². The van der Waals surface area contributed by atoms with Gasteiger partial charge in [-0.05, 0) is 105 Å². The number of Topliss-reactive ketones (excluding diaryl/α,β-unsaturated/α-hetero) is 2. The largest absolute Gasteiger partial charge is 0.386 e. The number of allylic oxidation sites excluding steroid dienone is 5. The molecule has 9 unspecified atom stereocenters. The first-order chi connectivity index (χ1) is 19.2. The van der Waals surface area contributed by atoms with Gasteiger partial charge in [0.05, 0.1) is 5.60 Å². The van der Waals surface area contributed by atoms with E-state index in [1.807, 2.05) is 0 Å². The van der Waals surface area contributed by atoms with Gasteiger partial charge in [0.2, 0.25) is 0 Å². The molecule has 41 heavy (non-hydrogen) atoms. The van der Waals surface area contributed by atoms with E-state index in [1.54, 1.807) is 13.8 Å². The standard InChI is InChI=1S/C38H58O3/c1-10-14-26(25(5)38(8,9)41)21-33(39)34-31(22-32-35(34)37(32,6)7)36(40)30(18-24(4)17-23(3)11-2)29-19-27-15-12-13-16-28(27)20-29/h12-13,15-16,23,26-32,34-35,41H,4-5,10-11,14,17-22H2,1-3,6-9H3. The molecule has 3 saturated carbocycles. The molecule has 0 saturated heterocycles. The van der Waals surface area contributed by atoms with Gasteiger partial charge in [0.25, 0.3) is 0 Å². The molecule has 0 bridgehead atoms. The van der Waals surface area contributed by atoms with Crippen LogP contribution in [0.2, 0.25) is 0 Å². The molecule has 9 atom stereocenters. The number of rotatable bonds is 15. The molecule has 0 spiro atoms. The molecular weight excluding hydrogens is 504 g/mol. The molecule has 3 nitrogen and oxygen atoms in total. The van der Waals surface area contributed by atoms with Crippen molar-refractivity contribution < 1.29 is 14.7 Å². The minimum atomic E-state index is -1.02. The smallest absolute Gasteiger partial charge is 0.140 e. The Hall–Kier alpha value is -1.74. The molecule has 0 aromatic heterocycles. The maximum absolute atomic E-state index is 14.7. The van der Waals surface area contributed by atoms with Gasteiger partial charge in [0.15, 0.2) is 0 Å². The van der Waals surface area contributed by atoms with Gasteiger partial charge in [-0.2, -0.15) is 0 Å². The summed E-state index contributed by atoms with van der Waals surface area (Å²) in [6, 6.07) is 0. The monoisotopic (exact) mass is 562 g/mol. The molecule has 228 valence electrons.